The Hall–Kier alpha value is -8.20. The highest BCUT2D eigenvalue weighted by molar-refractivity contribution is 5.99. The van der Waals surface area contributed by atoms with Crippen LogP contribution >= 0.6 is 0 Å². The summed E-state index contributed by atoms with van der Waals surface area (Å²) in [5, 5.41) is 0. The molecule has 0 N–H and O–H groups in total. The summed E-state index contributed by atoms with van der Waals surface area (Å²) in [6.45, 7) is 4.80. The van der Waals surface area contributed by atoms with Crippen molar-refractivity contribution in [2.75, 3.05) is 9.80 Å². The lowest BCUT2D eigenvalue weighted by Crippen LogP contribution is -2.27. The Kier molecular flexibility index (Phi) is 8.51. The van der Waals surface area contributed by atoms with E-state index in [1.54, 1.807) is 0 Å². The lowest BCUT2D eigenvalue weighted by atomic mass is 9.70. The maximum atomic E-state index is 2.57. The Morgan fingerprint density at radius 3 is 1.26 bits per heavy atom. The average Bonchev–Trinajstić information content (AvgIpc) is 3.93. The molecule has 0 aliphatic heterocycles. The predicted octanol–water partition coefficient (Wildman–Crippen LogP) is 16.9. The van der Waals surface area contributed by atoms with Crippen LogP contribution in [-0.4, -0.2) is 0 Å². The molecule has 0 aromatic heterocycles. The molecule has 0 heterocycles. The third-order valence-electron chi connectivity index (χ3n) is 14.6. The van der Waals surface area contributed by atoms with Gasteiger partial charge < -0.3 is 9.80 Å². The molecule has 0 saturated carbocycles. The molecule has 0 amide bonds. The van der Waals surface area contributed by atoms with Crippen molar-refractivity contribution in [3.8, 4) is 44.5 Å². The third-order valence-corrected chi connectivity index (χ3v) is 14.6. The fourth-order valence-corrected chi connectivity index (χ4v) is 11.9. The molecule has 0 saturated heterocycles. The van der Waals surface area contributed by atoms with E-state index in [-0.39, 0.29) is 5.41 Å². The molecule has 3 aliphatic carbocycles. The molecule has 1 unspecified atom stereocenters. The van der Waals surface area contributed by atoms with Gasteiger partial charge in [-0.05, 0) is 133 Å². The van der Waals surface area contributed by atoms with Crippen LogP contribution in [0.5, 0.6) is 0 Å². The second-order valence-corrected chi connectivity index (χ2v) is 18.4. The summed E-state index contributed by atoms with van der Waals surface area (Å²) in [6, 6.07) is 90.0. The van der Waals surface area contributed by atoms with Crippen molar-refractivity contribution in [3.63, 3.8) is 0 Å². The van der Waals surface area contributed by atoms with Gasteiger partial charge in [-0.3, -0.25) is 0 Å². The minimum atomic E-state index is -0.582. The van der Waals surface area contributed by atoms with Gasteiger partial charge >= 0.3 is 0 Å². The second-order valence-electron chi connectivity index (χ2n) is 18.4. The monoisotopic (exact) mass is 842 g/mol. The lowest BCUT2D eigenvalue weighted by Gasteiger charge is -2.35. The molecule has 2 heteroatoms. The molecule has 2 nitrogen and oxygen atoms in total. The number of anilines is 6. The minimum Gasteiger partial charge on any atom is -0.310 e. The van der Waals surface area contributed by atoms with E-state index in [4.69, 9.17) is 0 Å². The van der Waals surface area contributed by atoms with Gasteiger partial charge in [-0.2, -0.15) is 0 Å². The molecule has 312 valence electrons. The van der Waals surface area contributed by atoms with Gasteiger partial charge in [-0.25, -0.2) is 0 Å². The number of nitrogens with zero attached hydrogens (tertiary/aromatic N) is 2. The molecule has 10 aromatic carbocycles. The van der Waals surface area contributed by atoms with Crippen LogP contribution in [-0.2, 0) is 10.8 Å². The summed E-state index contributed by atoms with van der Waals surface area (Å²) < 4.78 is 0. The third kappa shape index (κ3) is 5.42. The highest BCUT2D eigenvalue weighted by atomic mass is 15.2. The molecule has 0 fully saturated rings. The maximum Gasteiger partial charge on any atom is 0.0727 e. The van der Waals surface area contributed by atoms with E-state index in [0.29, 0.717) is 0 Å². The first-order chi connectivity index (χ1) is 32.5. The smallest absolute Gasteiger partial charge is 0.0727 e. The van der Waals surface area contributed by atoms with Crippen molar-refractivity contribution in [1.82, 2.24) is 0 Å². The Labute approximate surface area is 387 Å². The largest absolute Gasteiger partial charge is 0.310 e. The summed E-state index contributed by atoms with van der Waals surface area (Å²) >= 11 is 0. The molecule has 1 spiro atoms. The van der Waals surface area contributed by atoms with Gasteiger partial charge in [0.1, 0.15) is 0 Å². The molecule has 1 atom stereocenters. The van der Waals surface area contributed by atoms with Crippen LogP contribution < -0.4 is 9.80 Å². The number of fused-ring (bicyclic) bond motifs is 13. The van der Waals surface area contributed by atoms with Gasteiger partial charge in [0, 0.05) is 33.7 Å². The van der Waals surface area contributed by atoms with E-state index in [2.05, 4.69) is 266 Å². The zero-order valence-electron chi connectivity index (χ0n) is 37.0. The van der Waals surface area contributed by atoms with E-state index >= 15 is 0 Å². The number of hydrogen-bond donors (Lipinski definition) is 0. The second kappa shape index (κ2) is 14.7. The van der Waals surface area contributed by atoms with Crippen molar-refractivity contribution in [2.24, 2.45) is 0 Å². The van der Waals surface area contributed by atoms with Crippen molar-refractivity contribution in [2.45, 2.75) is 24.7 Å². The van der Waals surface area contributed by atoms with Crippen LogP contribution in [0.4, 0.5) is 34.1 Å². The fourth-order valence-electron chi connectivity index (χ4n) is 11.9. The van der Waals surface area contributed by atoms with Crippen molar-refractivity contribution in [1.29, 1.82) is 0 Å². The van der Waals surface area contributed by atoms with Crippen LogP contribution in [0.15, 0.2) is 243 Å². The van der Waals surface area contributed by atoms with Gasteiger partial charge in [-0.15, -0.1) is 0 Å². The van der Waals surface area contributed by atoms with E-state index in [1.807, 2.05) is 0 Å². The fraction of sp³-hybridized carbons (Fsp3) is 0.0625. The minimum absolute atomic E-state index is 0.236. The number of para-hydroxylation sites is 3. The number of hydrogen-bond acceptors (Lipinski definition) is 2. The van der Waals surface area contributed by atoms with E-state index < -0.39 is 5.41 Å². The zero-order valence-corrected chi connectivity index (χ0v) is 37.0. The quantitative estimate of drug-likeness (QED) is 0.158. The highest BCUT2D eigenvalue weighted by Crippen LogP contribution is 2.64. The zero-order chi connectivity index (χ0) is 44.0. The van der Waals surface area contributed by atoms with Crippen LogP contribution in [0.3, 0.4) is 0 Å². The molecule has 10 aromatic rings. The predicted molar refractivity (Wildman–Crippen MR) is 275 cm³/mol. The molecule has 3 aliphatic rings. The van der Waals surface area contributed by atoms with Crippen LogP contribution in [0.25, 0.3) is 44.5 Å². The summed E-state index contributed by atoms with van der Waals surface area (Å²) in [6.07, 6.45) is 0. The number of benzene rings is 10. The highest BCUT2D eigenvalue weighted by Gasteiger charge is 2.52. The van der Waals surface area contributed by atoms with Gasteiger partial charge in [0.15, 0.2) is 0 Å². The normalized spacial score (nSPS) is 15.3. The van der Waals surface area contributed by atoms with E-state index in [1.165, 1.54) is 83.6 Å². The Bertz CT molecular complexity index is 3460. The van der Waals surface area contributed by atoms with E-state index in [9.17, 15) is 0 Å². The van der Waals surface area contributed by atoms with Crippen molar-refractivity contribution < 1.29 is 0 Å². The molecule has 0 radical (unpaired) electrons. The van der Waals surface area contributed by atoms with Crippen LogP contribution in [0.1, 0.15) is 47.2 Å². The van der Waals surface area contributed by atoms with Gasteiger partial charge in [-0.1, -0.05) is 196 Å². The van der Waals surface area contributed by atoms with Gasteiger partial charge in [0.05, 0.1) is 16.8 Å². The topological polar surface area (TPSA) is 6.48 Å². The van der Waals surface area contributed by atoms with Crippen LogP contribution in [0.2, 0.25) is 0 Å². The Morgan fingerprint density at radius 1 is 0.273 bits per heavy atom. The van der Waals surface area contributed by atoms with Gasteiger partial charge in [0.2, 0.25) is 0 Å². The summed E-state index contributed by atoms with van der Waals surface area (Å²) in [7, 11) is 0. The first kappa shape index (κ1) is 38.3. The van der Waals surface area contributed by atoms with Crippen LogP contribution in [0, 0.1) is 0 Å². The van der Waals surface area contributed by atoms with E-state index in [0.717, 1.165) is 28.4 Å². The molecule has 0 bridgehead atoms. The maximum absolute atomic E-state index is 2.57. The SMILES string of the molecule is CC1(C)c2ccccc2-c2cccc(N(c3ccc4c(c3)C3(c5ccccc5-c5ccc(N(c6ccccc6)c6ccccc6)cc53)c3ccccc3-4)c3ccccc3-c3ccccc3)c21. The standard InChI is InChI=1S/C64H46N2/c1-63(2)55-32-16-12-30-51(55)54-31-20-36-61(62(54)63)66(60-35-19-15-27-48(60)43-21-6-3-7-22-43)47-38-40-53-50-29-14-18-34-57(50)64(59(53)42-47)56-33-17-13-28-49(56)52-39-37-46(41-58(52)64)65(44-23-8-4-9-24-44)45-25-10-5-11-26-45/h3-42H,1-2H3. The van der Waals surface area contributed by atoms with Crippen molar-refractivity contribution >= 4 is 34.1 Å². The molecular weight excluding hydrogens is 797 g/mol. The molecular formula is C64H46N2. The van der Waals surface area contributed by atoms with Crippen molar-refractivity contribution in [3.05, 3.63) is 276 Å². The number of rotatable bonds is 7. The first-order valence-electron chi connectivity index (χ1n) is 23.1. The summed E-state index contributed by atoms with van der Waals surface area (Å²) in [5.41, 5.74) is 24.0. The van der Waals surface area contributed by atoms with Gasteiger partial charge in [0.25, 0.3) is 0 Å². The molecule has 13 rings (SSSR count). The first-order valence-corrected chi connectivity index (χ1v) is 23.1. The summed E-state index contributed by atoms with van der Waals surface area (Å²) in [5.74, 6) is 0. The Balaban J connectivity index is 1.10. The molecule has 66 heavy (non-hydrogen) atoms. The Morgan fingerprint density at radius 2 is 0.682 bits per heavy atom. The average molecular weight is 843 g/mol. The summed E-state index contributed by atoms with van der Waals surface area (Å²) in [4.78, 5) is 4.96. The lowest BCUT2D eigenvalue weighted by molar-refractivity contribution is 0.661.